The van der Waals surface area contributed by atoms with E-state index in [1.807, 2.05) is 12.3 Å². The van der Waals surface area contributed by atoms with Crippen molar-refractivity contribution in [1.82, 2.24) is 19.7 Å². The highest BCUT2D eigenvalue weighted by molar-refractivity contribution is 7.15. The Morgan fingerprint density at radius 1 is 1.10 bits per heavy atom. The van der Waals surface area contributed by atoms with Gasteiger partial charge >= 0.3 is 0 Å². The van der Waals surface area contributed by atoms with Gasteiger partial charge in [-0.2, -0.15) is 0 Å². The van der Waals surface area contributed by atoms with Gasteiger partial charge in [0.25, 0.3) is 0 Å². The number of benzene rings is 1. The minimum atomic E-state index is 0.288. The van der Waals surface area contributed by atoms with Gasteiger partial charge in [0.1, 0.15) is 5.01 Å². The summed E-state index contributed by atoms with van der Waals surface area (Å²) in [5.41, 5.74) is 1.50. The van der Waals surface area contributed by atoms with Gasteiger partial charge in [-0.15, -0.1) is 11.3 Å². The Morgan fingerprint density at radius 3 is 2.70 bits per heavy atom. The molecule has 1 aromatic heterocycles. The van der Waals surface area contributed by atoms with Crippen molar-refractivity contribution in [1.29, 1.82) is 0 Å². The number of hydrogen-bond donors (Lipinski definition) is 0. The first-order valence-corrected chi connectivity index (χ1v) is 12.1. The molecule has 3 aliphatic rings. The van der Waals surface area contributed by atoms with Crippen molar-refractivity contribution in [3.63, 3.8) is 0 Å². The van der Waals surface area contributed by atoms with E-state index >= 15 is 0 Å². The van der Waals surface area contributed by atoms with Crippen LogP contribution in [0.25, 0.3) is 10.6 Å². The van der Waals surface area contributed by atoms with Crippen LogP contribution in [0.3, 0.4) is 0 Å². The summed E-state index contributed by atoms with van der Waals surface area (Å²) < 4.78 is 0. The summed E-state index contributed by atoms with van der Waals surface area (Å²) >= 11 is 1.80. The average Bonchev–Trinajstić information content (AvgIpc) is 3.35. The van der Waals surface area contributed by atoms with Gasteiger partial charge in [-0.25, -0.2) is 4.98 Å². The molecule has 1 saturated carbocycles. The van der Waals surface area contributed by atoms with Crippen LogP contribution in [-0.2, 0) is 11.3 Å². The normalized spacial score (nSPS) is 24.7. The molecule has 1 unspecified atom stereocenters. The van der Waals surface area contributed by atoms with Crippen LogP contribution in [0.15, 0.2) is 36.5 Å². The van der Waals surface area contributed by atoms with Gasteiger partial charge in [-0.3, -0.25) is 9.69 Å². The Morgan fingerprint density at radius 2 is 1.90 bits per heavy atom. The molecule has 3 heterocycles. The maximum absolute atomic E-state index is 13.1. The van der Waals surface area contributed by atoms with Crippen LogP contribution in [0.4, 0.5) is 0 Å². The highest BCUT2D eigenvalue weighted by atomic mass is 32.1. The van der Waals surface area contributed by atoms with Gasteiger partial charge in [0.2, 0.25) is 5.91 Å². The predicted molar refractivity (Wildman–Crippen MR) is 121 cm³/mol. The molecule has 2 aromatic rings. The Balaban J connectivity index is 1.13. The van der Waals surface area contributed by atoms with Crippen molar-refractivity contribution in [2.45, 2.75) is 32.2 Å². The smallest absolute Gasteiger partial charge is 0.226 e. The lowest BCUT2D eigenvalue weighted by atomic mass is 9.90. The van der Waals surface area contributed by atoms with Crippen molar-refractivity contribution in [2.75, 3.05) is 46.3 Å². The van der Waals surface area contributed by atoms with E-state index in [4.69, 9.17) is 0 Å². The molecule has 30 heavy (non-hydrogen) atoms. The molecule has 160 valence electrons. The van der Waals surface area contributed by atoms with E-state index in [9.17, 15) is 4.79 Å². The fourth-order valence-corrected chi connectivity index (χ4v) is 6.17. The summed E-state index contributed by atoms with van der Waals surface area (Å²) in [5.74, 6) is 0.727. The summed E-state index contributed by atoms with van der Waals surface area (Å²) in [6.07, 6.45) is 6.60. The van der Waals surface area contributed by atoms with E-state index in [1.54, 1.807) is 11.3 Å². The summed E-state index contributed by atoms with van der Waals surface area (Å²) in [6.45, 7) is 7.16. The fourth-order valence-electron chi connectivity index (χ4n) is 5.21. The lowest BCUT2D eigenvalue weighted by Crippen LogP contribution is -2.39. The SMILES string of the molecule is CN1CCCN(C(=O)C2CC23CCN(Cc2cnc(-c4ccccc4)s2)CC3)CC1. The predicted octanol–water partition coefficient (Wildman–Crippen LogP) is 3.58. The first kappa shape index (κ1) is 20.2. The molecule has 2 aliphatic heterocycles. The standard InChI is InChI=1S/C24H32N4OS/c1-26-10-5-11-28(15-14-26)23(29)21-16-24(21)8-12-27(13-9-24)18-20-17-25-22(30-20)19-6-3-2-4-7-19/h2-4,6-7,17,21H,5,8-16,18H2,1H3. The molecule has 1 atom stereocenters. The van der Waals surface area contributed by atoms with Gasteiger partial charge in [0, 0.05) is 48.7 Å². The molecule has 3 fully saturated rings. The molecule has 0 bridgehead atoms. The van der Waals surface area contributed by atoms with Gasteiger partial charge < -0.3 is 9.80 Å². The number of carbonyl (C=O) groups is 1. The molecule has 1 aliphatic carbocycles. The number of piperidine rings is 1. The lowest BCUT2D eigenvalue weighted by molar-refractivity contribution is -0.133. The highest BCUT2D eigenvalue weighted by Gasteiger charge is 2.59. The van der Waals surface area contributed by atoms with Gasteiger partial charge in [-0.1, -0.05) is 30.3 Å². The Kier molecular flexibility index (Phi) is 5.65. The van der Waals surface area contributed by atoms with E-state index in [1.165, 1.54) is 23.3 Å². The van der Waals surface area contributed by atoms with Crippen molar-refractivity contribution in [3.05, 3.63) is 41.4 Å². The molecule has 1 aromatic carbocycles. The van der Waals surface area contributed by atoms with Crippen molar-refractivity contribution in [2.24, 2.45) is 11.3 Å². The second kappa shape index (κ2) is 8.40. The Labute approximate surface area is 183 Å². The third-order valence-corrected chi connectivity index (χ3v) is 8.36. The molecular weight excluding hydrogens is 392 g/mol. The maximum Gasteiger partial charge on any atom is 0.226 e. The molecule has 1 spiro atoms. The van der Waals surface area contributed by atoms with Gasteiger partial charge in [0.15, 0.2) is 0 Å². The van der Waals surface area contributed by atoms with E-state index < -0.39 is 0 Å². The third kappa shape index (κ3) is 4.18. The second-order valence-corrected chi connectivity index (χ2v) is 10.5. The molecule has 2 saturated heterocycles. The van der Waals surface area contributed by atoms with Crippen LogP contribution >= 0.6 is 11.3 Å². The van der Waals surface area contributed by atoms with Gasteiger partial charge in [-0.05, 0) is 57.8 Å². The zero-order valence-corrected chi connectivity index (χ0v) is 18.7. The van der Waals surface area contributed by atoms with Crippen LogP contribution in [-0.4, -0.2) is 71.9 Å². The first-order valence-electron chi connectivity index (χ1n) is 11.3. The van der Waals surface area contributed by atoms with Crippen LogP contribution in [0.1, 0.15) is 30.6 Å². The van der Waals surface area contributed by atoms with Crippen LogP contribution in [0, 0.1) is 11.3 Å². The number of aromatic nitrogens is 1. The maximum atomic E-state index is 13.1. The summed E-state index contributed by atoms with van der Waals surface area (Å²) in [7, 11) is 2.16. The number of rotatable bonds is 4. The van der Waals surface area contributed by atoms with E-state index in [-0.39, 0.29) is 5.92 Å². The van der Waals surface area contributed by atoms with E-state index in [0.29, 0.717) is 11.3 Å². The summed E-state index contributed by atoms with van der Waals surface area (Å²) in [5, 5.41) is 1.11. The molecule has 5 nitrogen and oxygen atoms in total. The van der Waals surface area contributed by atoms with Crippen LogP contribution in [0.5, 0.6) is 0 Å². The molecule has 6 heteroatoms. The Bertz CT molecular complexity index is 874. The quantitative estimate of drug-likeness (QED) is 0.752. The van der Waals surface area contributed by atoms with Crippen molar-refractivity contribution < 1.29 is 4.79 Å². The van der Waals surface area contributed by atoms with Crippen molar-refractivity contribution in [3.8, 4) is 10.6 Å². The van der Waals surface area contributed by atoms with Gasteiger partial charge in [0.05, 0.1) is 0 Å². The number of likely N-dealkylation sites (N-methyl/N-ethyl adjacent to an activating group) is 1. The second-order valence-electron chi connectivity index (χ2n) is 9.38. The number of thiazole rings is 1. The molecular formula is C24H32N4OS. The zero-order chi connectivity index (χ0) is 20.6. The number of likely N-dealkylation sites (tertiary alicyclic amines) is 1. The average molecular weight is 425 g/mol. The zero-order valence-electron chi connectivity index (χ0n) is 17.9. The molecule has 5 rings (SSSR count). The number of nitrogens with zero attached hydrogens (tertiary/aromatic N) is 4. The fraction of sp³-hybridized carbons (Fsp3) is 0.583. The Hall–Kier alpha value is -1.76. The van der Waals surface area contributed by atoms with Crippen LogP contribution < -0.4 is 0 Å². The summed E-state index contributed by atoms with van der Waals surface area (Å²) in [6, 6.07) is 10.4. The first-order chi connectivity index (χ1) is 14.6. The van der Waals surface area contributed by atoms with Crippen LogP contribution in [0.2, 0.25) is 0 Å². The lowest BCUT2D eigenvalue weighted by Gasteiger charge is -2.33. The van der Waals surface area contributed by atoms with E-state index in [2.05, 4.69) is 51.0 Å². The molecule has 1 amide bonds. The van der Waals surface area contributed by atoms with Crippen molar-refractivity contribution >= 4 is 17.2 Å². The molecule has 0 radical (unpaired) electrons. The highest BCUT2D eigenvalue weighted by Crippen LogP contribution is 2.60. The topological polar surface area (TPSA) is 39.7 Å². The number of carbonyl (C=O) groups excluding carboxylic acids is 1. The third-order valence-electron chi connectivity index (χ3n) is 7.32. The largest absolute Gasteiger partial charge is 0.341 e. The monoisotopic (exact) mass is 424 g/mol. The minimum absolute atomic E-state index is 0.288. The number of amides is 1. The number of hydrogen-bond acceptors (Lipinski definition) is 5. The van der Waals surface area contributed by atoms with E-state index in [0.717, 1.165) is 63.7 Å². The summed E-state index contributed by atoms with van der Waals surface area (Å²) in [4.78, 5) is 26.1. The minimum Gasteiger partial charge on any atom is -0.341 e. The molecule has 0 N–H and O–H groups in total.